The minimum absolute atomic E-state index is 0.0520. The smallest absolute Gasteiger partial charge is 0.233 e. The maximum absolute atomic E-state index is 13.1. The Kier molecular flexibility index (Phi) is 4.37. The number of sulfonamides is 1. The molecule has 2 aromatic rings. The zero-order valence-electron chi connectivity index (χ0n) is 11.1. The number of benzene rings is 1. The van der Waals surface area contributed by atoms with Crippen LogP contribution in [-0.4, -0.2) is 19.2 Å². The van der Waals surface area contributed by atoms with Crippen LogP contribution in [0.15, 0.2) is 36.5 Å². The number of pyridine rings is 1. The molecule has 2 N–H and O–H groups in total. The van der Waals surface area contributed by atoms with E-state index in [2.05, 4.69) is 15.0 Å². The second kappa shape index (κ2) is 6.04. The molecular weight excluding hydrogens is 300 g/mol. The van der Waals surface area contributed by atoms with Crippen molar-refractivity contribution in [3.63, 3.8) is 0 Å². The summed E-state index contributed by atoms with van der Waals surface area (Å²) in [5.41, 5.74) is 0.873. The number of anilines is 3. The molecule has 0 aliphatic rings. The van der Waals surface area contributed by atoms with Crippen LogP contribution in [0.2, 0.25) is 0 Å². The van der Waals surface area contributed by atoms with Crippen LogP contribution < -0.4 is 10.0 Å². The van der Waals surface area contributed by atoms with Crippen LogP contribution in [0.5, 0.6) is 0 Å². The van der Waals surface area contributed by atoms with E-state index in [9.17, 15) is 17.2 Å². The molecule has 0 bridgehead atoms. The lowest BCUT2D eigenvalue weighted by atomic mass is 10.3. The molecule has 21 heavy (non-hydrogen) atoms. The van der Waals surface area contributed by atoms with Crippen LogP contribution in [0.1, 0.15) is 6.92 Å². The van der Waals surface area contributed by atoms with Gasteiger partial charge in [-0.05, 0) is 31.2 Å². The fourth-order valence-corrected chi connectivity index (χ4v) is 2.08. The third-order valence-corrected chi connectivity index (χ3v) is 3.89. The largest absolute Gasteiger partial charge is 0.354 e. The average molecular weight is 313 g/mol. The normalized spacial score (nSPS) is 11.2. The number of aromatic nitrogens is 1. The van der Waals surface area contributed by atoms with Crippen molar-refractivity contribution in [2.45, 2.75) is 6.92 Å². The third kappa shape index (κ3) is 4.12. The highest BCUT2D eigenvalue weighted by Crippen LogP contribution is 2.19. The van der Waals surface area contributed by atoms with E-state index in [0.717, 1.165) is 12.1 Å². The number of nitrogens with zero attached hydrogens (tertiary/aromatic N) is 1. The monoisotopic (exact) mass is 313 g/mol. The average Bonchev–Trinajstić information content (AvgIpc) is 2.45. The van der Waals surface area contributed by atoms with Gasteiger partial charge in [-0.3, -0.25) is 4.72 Å². The molecule has 0 fully saturated rings. The first kappa shape index (κ1) is 15.2. The minimum atomic E-state index is -3.38. The molecule has 8 heteroatoms. The molecule has 0 spiro atoms. The second-order valence-electron chi connectivity index (χ2n) is 4.19. The number of hydrogen-bond acceptors (Lipinski definition) is 4. The van der Waals surface area contributed by atoms with Gasteiger partial charge in [-0.15, -0.1) is 0 Å². The Labute approximate surface area is 121 Å². The Morgan fingerprint density at radius 2 is 1.81 bits per heavy atom. The molecule has 2 rings (SSSR count). The summed E-state index contributed by atoms with van der Waals surface area (Å²) in [7, 11) is -3.38. The second-order valence-corrected chi connectivity index (χ2v) is 6.20. The number of halogens is 2. The molecule has 0 saturated carbocycles. The molecule has 112 valence electrons. The fourth-order valence-electron chi connectivity index (χ4n) is 1.50. The van der Waals surface area contributed by atoms with Crippen molar-refractivity contribution in [1.82, 2.24) is 4.98 Å². The highest BCUT2D eigenvalue weighted by molar-refractivity contribution is 7.92. The molecule has 0 amide bonds. The molecule has 1 aromatic carbocycles. The number of nitrogens with one attached hydrogen (secondary N) is 2. The van der Waals surface area contributed by atoms with Crippen molar-refractivity contribution >= 4 is 27.2 Å². The Morgan fingerprint density at radius 3 is 2.38 bits per heavy atom. The Bertz CT molecular complexity index is 734. The summed E-state index contributed by atoms with van der Waals surface area (Å²) >= 11 is 0. The van der Waals surface area contributed by atoms with Gasteiger partial charge in [0.15, 0.2) is 11.6 Å². The zero-order chi connectivity index (χ0) is 15.5. The molecule has 0 atom stereocenters. The quantitative estimate of drug-likeness (QED) is 0.890. The molecule has 0 saturated heterocycles. The van der Waals surface area contributed by atoms with Crippen LogP contribution in [0.4, 0.5) is 26.0 Å². The molecule has 0 radical (unpaired) electrons. The van der Waals surface area contributed by atoms with Gasteiger partial charge in [0, 0.05) is 11.8 Å². The lowest BCUT2D eigenvalue weighted by Gasteiger charge is -2.08. The van der Waals surface area contributed by atoms with Crippen molar-refractivity contribution in [2.24, 2.45) is 0 Å². The highest BCUT2D eigenvalue weighted by atomic mass is 32.2. The highest BCUT2D eigenvalue weighted by Gasteiger charge is 2.07. The van der Waals surface area contributed by atoms with E-state index in [1.807, 2.05) is 0 Å². The summed E-state index contributed by atoms with van der Waals surface area (Å²) in [5.74, 6) is -1.75. The van der Waals surface area contributed by atoms with Crippen LogP contribution in [0, 0.1) is 11.6 Å². The predicted octanol–water partition coefficient (Wildman–Crippen LogP) is 2.87. The maximum atomic E-state index is 13.1. The van der Waals surface area contributed by atoms with E-state index in [4.69, 9.17) is 0 Å². The van der Waals surface area contributed by atoms with Gasteiger partial charge in [-0.2, -0.15) is 0 Å². The maximum Gasteiger partial charge on any atom is 0.233 e. The summed E-state index contributed by atoms with van der Waals surface area (Å²) in [6.07, 6.45) is 1.38. The van der Waals surface area contributed by atoms with E-state index >= 15 is 0 Å². The van der Waals surface area contributed by atoms with Gasteiger partial charge in [-0.1, -0.05) is 0 Å². The molecule has 1 heterocycles. The van der Waals surface area contributed by atoms with Gasteiger partial charge in [0.05, 0.1) is 17.6 Å². The van der Waals surface area contributed by atoms with Crippen molar-refractivity contribution in [1.29, 1.82) is 0 Å². The Hall–Kier alpha value is -2.22. The molecule has 5 nitrogen and oxygen atoms in total. The van der Waals surface area contributed by atoms with E-state index in [1.54, 1.807) is 6.07 Å². The van der Waals surface area contributed by atoms with Crippen LogP contribution in [0.25, 0.3) is 0 Å². The van der Waals surface area contributed by atoms with Crippen molar-refractivity contribution in [3.8, 4) is 0 Å². The summed E-state index contributed by atoms with van der Waals surface area (Å²) in [4.78, 5) is 3.93. The summed E-state index contributed by atoms with van der Waals surface area (Å²) < 4.78 is 50.9. The Morgan fingerprint density at radius 1 is 1.10 bits per heavy atom. The predicted molar refractivity (Wildman–Crippen MR) is 77.0 cm³/mol. The lowest BCUT2D eigenvalue weighted by Crippen LogP contribution is -2.15. The zero-order valence-corrected chi connectivity index (χ0v) is 11.9. The first-order chi connectivity index (χ1) is 9.89. The lowest BCUT2D eigenvalue weighted by molar-refractivity contribution is 0.509. The Balaban J connectivity index is 2.10. The molecular formula is C13H13F2N3O2S. The topological polar surface area (TPSA) is 71.1 Å². The van der Waals surface area contributed by atoms with Crippen molar-refractivity contribution < 1.29 is 17.2 Å². The third-order valence-electron chi connectivity index (χ3n) is 2.61. The van der Waals surface area contributed by atoms with E-state index < -0.39 is 21.7 Å². The van der Waals surface area contributed by atoms with Gasteiger partial charge in [0.1, 0.15) is 5.82 Å². The summed E-state index contributed by atoms with van der Waals surface area (Å²) in [6, 6.07) is 6.45. The van der Waals surface area contributed by atoms with Gasteiger partial charge >= 0.3 is 0 Å². The van der Waals surface area contributed by atoms with Gasteiger partial charge in [-0.25, -0.2) is 22.2 Å². The molecule has 0 aliphatic heterocycles. The standard InChI is InChI=1S/C13H13F2N3O2S/c1-2-21(19,20)18-13-6-4-10(8-16-13)17-9-3-5-11(14)12(15)7-9/h3-8,17H,2H2,1H3,(H,16,18). The minimum Gasteiger partial charge on any atom is -0.354 e. The van der Waals surface area contributed by atoms with E-state index in [0.29, 0.717) is 11.4 Å². The molecule has 0 aliphatic carbocycles. The van der Waals surface area contributed by atoms with Crippen molar-refractivity contribution in [3.05, 3.63) is 48.2 Å². The van der Waals surface area contributed by atoms with Gasteiger partial charge < -0.3 is 5.32 Å². The van der Waals surface area contributed by atoms with E-state index in [-0.39, 0.29) is 11.6 Å². The summed E-state index contributed by atoms with van der Waals surface area (Å²) in [5, 5.41) is 2.83. The van der Waals surface area contributed by atoms with Crippen LogP contribution in [0.3, 0.4) is 0 Å². The van der Waals surface area contributed by atoms with Gasteiger partial charge in [0.25, 0.3) is 0 Å². The van der Waals surface area contributed by atoms with Crippen molar-refractivity contribution in [2.75, 3.05) is 15.8 Å². The fraction of sp³-hybridized carbons (Fsp3) is 0.154. The first-order valence-electron chi connectivity index (χ1n) is 6.08. The van der Waals surface area contributed by atoms with Crippen LogP contribution >= 0.6 is 0 Å². The molecule has 1 aromatic heterocycles. The summed E-state index contributed by atoms with van der Waals surface area (Å²) in [6.45, 7) is 1.52. The van der Waals surface area contributed by atoms with Gasteiger partial charge in [0.2, 0.25) is 10.0 Å². The van der Waals surface area contributed by atoms with Crippen LogP contribution in [-0.2, 0) is 10.0 Å². The number of rotatable bonds is 5. The molecule has 0 unspecified atom stereocenters. The number of hydrogen-bond donors (Lipinski definition) is 2. The first-order valence-corrected chi connectivity index (χ1v) is 7.73. The van der Waals surface area contributed by atoms with E-state index in [1.165, 1.54) is 25.3 Å². The SMILES string of the molecule is CCS(=O)(=O)Nc1ccc(Nc2ccc(F)c(F)c2)cn1.